The number of rotatable bonds is 8. The van der Waals surface area contributed by atoms with E-state index in [0.29, 0.717) is 18.8 Å². The fourth-order valence-electron chi connectivity index (χ4n) is 3.45. The van der Waals surface area contributed by atoms with E-state index in [1.165, 1.54) is 6.26 Å². The number of amides is 1. The monoisotopic (exact) mass is 412 g/mol. The molecule has 3 rings (SSSR count). The van der Waals surface area contributed by atoms with E-state index in [1.807, 2.05) is 37.3 Å². The number of benzene rings is 1. The van der Waals surface area contributed by atoms with Crippen LogP contribution in [0.25, 0.3) is 0 Å². The van der Waals surface area contributed by atoms with Crippen LogP contribution in [0.2, 0.25) is 0 Å². The van der Waals surface area contributed by atoms with Crippen molar-refractivity contribution in [3.63, 3.8) is 0 Å². The van der Waals surface area contributed by atoms with Crippen molar-refractivity contribution in [2.75, 3.05) is 32.7 Å². The van der Waals surface area contributed by atoms with Crippen molar-refractivity contribution < 1.29 is 13.9 Å². The fraction of sp³-hybridized carbons (Fsp3) is 0.478. The molecule has 0 saturated carbocycles. The predicted octanol–water partition coefficient (Wildman–Crippen LogP) is 3.22. The van der Waals surface area contributed by atoms with Gasteiger partial charge in [-0.1, -0.05) is 18.2 Å². The molecule has 1 saturated heterocycles. The Labute approximate surface area is 178 Å². The summed E-state index contributed by atoms with van der Waals surface area (Å²) in [7, 11) is 0. The largest absolute Gasteiger partial charge is 0.490 e. The number of hydrogen-bond acceptors (Lipinski definition) is 4. The summed E-state index contributed by atoms with van der Waals surface area (Å²) in [4.78, 5) is 19.1. The lowest BCUT2D eigenvalue weighted by molar-refractivity contribution is 0.0925. The Kier molecular flexibility index (Phi) is 8.18. The molecule has 1 aliphatic heterocycles. The Balaban J connectivity index is 1.41. The number of nitrogens with one attached hydrogen (secondary N) is 2. The number of ether oxygens (including phenoxy) is 1. The third kappa shape index (κ3) is 6.27. The van der Waals surface area contributed by atoms with Gasteiger partial charge in [0.15, 0.2) is 11.7 Å². The minimum absolute atomic E-state index is 0.172. The van der Waals surface area contributed by atoms with Crippen molar-refractivity contribution in [2.45, 2.75) is 39.2 Å². The topological polar surface area (TPSA) is 79.1 Å². The van der Waals surface area contributed by atoms with E-state index in [2.05, 4.69) is 22.5 Å². The van der Waals surface area contributed by atoms with E-state index in [1.54, 1.807) is 6.07 Å². The van der Waals surface area contributed by atoms with Gasteiger partial charge in [0.05, 0.1) is 6.26 Å². The van der Waals surface area contributed by atoms with Gasteiger partial charge in [0, 0.05) is 51.1 Å². The standard InChI is InChI=1S/C23H32N4O3/c1-3-24-23(26-14-7-13-25-22(28)21-18(2)12-17-29-21)27-15-10-20(11-16-27)30-19-8-5-4-6-9-19/h4-6,8-9,12,17,20H,3,7,10-11,13-16H2,1-2H3,(H,24,26)(H,25,28). The molecule has 2 heterocycles. The first kappa shape index (κ1) is 21.7. The number of carbonyl (C=O) groups is 1. The van der Waals surface area contributed by atoms with Gasteiger partial charge in [-0.3, -0.25) is 9.79 Å². The quantitative estimate of drug-likeness (QED) is 0.395. The number of para-hydroxylation sites is 1. The van der Waals surface area contributed by atoms with E-state index >= 15 is 0 Å². The molecule has 0 radical (unpaired) electrons. The lowest BCUT2D eigenvalue weighted by Crippen LogP contribution is -2.47. The van der Waals surface area contributed by atoms with E-state index in [0.717, 1.165) is 56.2 Å². The molecular weight excluding hydrogens is 380 g/mol. The fourth-order valence-corrected chi connectivity index (χ4v) is 3.45. The van der Waals surface area contributed by atoms with E-state index in [-0.39, 0.29) is 12.0 Å². The summed E-state index contributed by atoms with van der Waals surface area (Å²) in [6, 6.07) is 11.8. The molecule has 1 aromatic heterocycles. The lowest BCUT2D eigenvalue weighted by atomic mass is 10.1. The van der Waals surface area contributed by atoms with Gasteiger partial charge < -0.3 is 24.7 Å². The van der Waals surface area contributed by atoms with Crippen molar-refractivity contribution in [1.82, 2.24) is 15.5 Å². The Morgan fingerprint density at radius 1 is 1.20 bits per heavy atom. The van der Waals surface area contributed by atoms with Gasteiger partial charge in [0.1, 0.15) is 11.9 Å². The summed E-state index contributed by atoms with van der Waals surface area (Å²) in [5.41, 5.74) is 0.847. The second-order valence-corrected chi connectivity index (χ2v) is 7.40. The second-order valence-electron chi connectivity index (χ2n) is 7.40. The zero-order valence-electron chi connectivity index (χ0n) is 17.9. The van der Waals surface area contributed by atoms with Gasteiger partial charge >= 0.3 is 0 Å². The SMILES string of the molecule is CCNC(=NCCCNC(=O)c1occc1C)N1CCC(Oc2ccccc2)CC1. The highest BCUT2D eigenvalue weighted by Crippen LogP contribution is 2.18. The molecule has 1 amide bonds. The highest BCUT2D eigenvalue weighted by atomic mass is 16.5. The Hall–Kier alpha value is -2.96. The molecule has 2 aromatic rings. The maximum atomic E-state index is 12.1. The number of nitrogens with zero attached hydrogens (tertiary/aromatic N) is 2. The van der Waals surface area contributed by atoms with Crippen molar-refractivity contribution >= 4 is 11.9 Å². The summed E-state index contributed by atoms with van der Waals surface area (Å²) >= 11 is 0. The first-order valence-electron chi connectivity index (χ1n) is 10.7. The van der Waals surface area contributed by atoms with E-state index in [4.69, 9.17) is 14.1 Å². The van der Waals surface area contributed by atoms with Crippen LogP contribution in [0.4, 0.5) is 0 Å². The van der Waals surface area contributed by atoms with Crippen LogP contribution < -0.4 is 15.4 Å². The Bertz CT molecular complexity index is 811. The highest BCUT2D eigenvalue weighted by Gasteiger charge is 2.22. The van der Waals surface area contributed by atoms with Crippen LogP contribution in [0.5, 0.6) is 5.75 Å². The number of carbonyl (C=O) groups excluding carboxylic acids is 1. The van der Waals surface area contributed by atoms with Gasteiger partial charge in [0.2, 0.25) is 0 Å². The number of aryl methyl sites for hydroxylation is 1. The number of likely N-dealkylation sites (tertiary alicyclic amines) is 1. The maximum Gasteiger partial charge on any atom is 0.287 e. The number of guanidine groups is 1. The number of aliphatic imine (C=N–C) groups is 1. The normalized spacial score (nSPS) is 15.1. The van der Waals surface area contributed by atoms with Gasteiger partial charge in [-0.15, -0.1) is 0 Å². The molecule has 0 spiro atoms. The first-order valence-corrected chi connectivity index (χ1v) is 10.7. The number of furan rings is 1. The molecular formula is C23H32N4O3. The summed E-state index contributed by atoms with van der Waals surface area (Å²) in [6.45, 7) is 7.81. The van der Waals surface area contributed by atoms with Crippen LogP contribution in [-0.2, 0) is 0 Å². The average Bonchev–Trinajstić information content (AvgIpc) is 3.20. The van der Waals surface area contributed by atoms with Crippen LogP contribution in [0.3, 0.4) is 0 Å². The van der Waals surface area contributed by atoms with Crippen LogP contribution in [0.1, 0.15) is 42.3 Å². The zero-order valence-corrected chi connectivity index (χ0v) is 17.9. The number of hydrogen-bond donors (Lipinski definition) is 2. The van der Waals surface area contributed by atoms with E-state index < -0.39 is 0 Å². The van der Waals surface area contributed by atoms with Crippen molar-refractivity contribution in [3.8, 4) is 5.75 Å². The van der Waals surface area contributed by atoms with Gasteiger partial charge in [-0.25, -0.2) is 0 Å². The summed E-state index contributed by atoms with van der Waals surface area (Å²) < 4.78 is 11.3. The van der Waals surface area contributed by atoms with Crippen LogP contribution in [0, 0.1) is 6.92 Å². The maximum absolute atomic E-state index is 12.1. The first-order chi connectivity index (χ1) is 14.7. The molecule has 1 fully saturated rings. The smallest absolute Gasteiger partial charge is 0.287 e. The van der Waals surface area contributed by atoms with E-state index in [9.17, 15) is 4.79 Å². The second kappa shape index (κ2) is 11.3. The zero-order chi connectivity index (χ0) is 21.2. The van der Waals surface area contributed by atoms with Crippen LogP contribution in [0.15, 0.2) is 52.1 Å². The lowest BCUT2D eigenvalue weighted by Gasteiger charge is -2.34. The molecule has 2 N–H and O–H groups in total. The molecule has 1 aliphatic rings. The minimum atomic E-state index is -0.172. The summed E-state index contributed by atoms with van der Waals surface area (Å²) in [6.07, 6.45) is 4.49. The Morgan fingerprint density at radius 3 is 2.63 bits per heavy atom. The van der Waals surface area contributed by atoms with Crippen LogP contribution >= 0.6 is 0 Å². The number of piperidine rings is 1. The molecule has 7 heteroatoms. The third-order valence-electron chi connectivity index (χ3n) is 5.07. The van der Waals surface area contributed by atoms with Gasteiger partial charge in [0.25, 0.3) is 5.91 Å². The molecule has 0 unspecified atom stereocenters. The van der Waals surface area contributed by atoms with Crippen LogP contribution in [-0.4, -0.2) is 55.6 Å². The minimum Gasteiger partial charge on any atom is -0.490 e. The summed E-state index contributed by atoms with van der Waals surface area (Å²) in [5.74, 6) is 2.08. The van der Waals surface area contributed by atoms with Crippen molar-refractivity contribution in [1.29, 1.82) is 0 Å². The molecule has 1 aromatic carbocycles. The van der Waals surface area contributed by atoms with Gasteiger partial charge in [-0.2, -0.15) is 0 Å². The third-order valence-corrected chi connectivity index (χ3v) is 5.07. The Morgan fingerprint density at radius 2 is 1.97 bits per heavy atom. The highest BCUT2D eigenvalue weighted by molar-refractivity contribution is 5.92. The molecule has 7 nitrogen and oxygen atoms in total. The van der Waals surface area contributed by atoms with Gasteiger partial charge in [-0.05, 0) is 38.5 Å². The molecule has 30 heavy (non-hydrogen) atoms. The van der Waals surface area contributed by atoms with Crippen molar-refractivity contribution in [2.24, 2.45) is 4.99 Å². The summed E-state index contributed by atoms with van der Waals surface area (Å²) in [5, 5.41) is 6.27. The predicted molar refractivity (Wildman–Crippen MR) is 118 cm³/mol. The average molecular weight is 413 g/mol. The molecule has 162 valence electrons. The molecule has 0 aliphatic carbocycles. The molecule has 0 bridgehead atoms. The van der Waals surface area contributed by atoms with Crippen molar-refractivity contribution in [3.05, 3.63) is 54.0 Å². The molecule has 0 atom stereocenters.